The summed E-state index contributed by atoms with van der Waals surface area (Å²) >= 11 is 1.45. The van der Waals surface area contributed by atoms with E-state index in [0.717, 1.165) is 28.5 Å². The fourth-order valence-corrected chi connectivity index (χ4v) is 5.80. The Morgan fingerprint density at radius 3 is 2.22 bits per heavy atom. The number of halogens is 2. The molecule has 11 heteroatoms. The second-order valence-electron chi connectivity index (χ2n) is 7.08. The van der Waals surface area contributed by atoms with Crippen LogP contribution in [0.5, 0.6) is 11.5 Å². The number of anilines is 1. The van der Waals surface area contributed by atoms with Crippen molar-refractivity contribution in [1.29, 1.82) is 0 Å². The maximum absolute atomic E-state index is 14.0. The largest absolute Gasteiger partial charge is 0.497 e. The summed E-state index contributed by atoms with van der Waals surface area (Å²) in [6.07, 6.45) is 0. The van der Waals surface area contributed by atoms with Gasteiger partial charge in [-0.15, -0.1) is 11.3 Å². The van der Waals surface area contributed by atoms with Gasteiger partial charge in [0.25, 0.3) is 0 Å². The fraction of sp³-hybridized carbons (Fsp3) is 0.286. The van der Waals surface area contributed by atoms with E-state index in [2.05, 4.69) is 4.98 Å². The zero-order valence-electron chi connectivity index (χ0n) is 17.4. The van der Waals surface area contributed by atoms with Gasteiger partial charge in [0.05, 0.1) is 19.9 Å². The predicted octanol–water partition coefficient (Wildman–Crippen LogP) is 3.62. The first-order valence-corrected chi connectivity index (χ1v) is 12.0. The van der Waals surface area contributed by atoms with Crippen molar-refractivity contribution in [3.8, 4) is 22.8 Å². The molecule has 2 aromatic carbocycles. The third-order valence-corrected chi connectivity index (χ3v) is 7.99. The Labute approximate surface area is 188 Å². The molecular weight excluding hydrogens is 460 g/mol. The van der Waals surface area contributed by atoms with E-state index in [1.165, 1.54) is 15.6 Å². The van der Waals surface area contributed by atoms with Crippen LogP contribution in [0, 0.1) is 11.6 Å². The van der Waals surface area contributed by atoms with Gasteiger partial charge in [0.1, 0.15) is 28.0 Å². The van der Waals surface area contributed by atoms with Crippen LogP contribution in [0.15, 0.2) is 46.7 Å². The van der Waals surface area contributed by atoms with E-state index in [4.69, 9.17) is 9.47 Å². The Morgan fingerprint density at radius 1 is 0.969 bits per heavy atom. The summed E-state index contributed by atoms with van der Waals surface area (Å²) in [6.45, 7) is 1.13. The van der Waals surface area contributed by atoms with Crippen molar-refractivity contribution in [2.24, 2.45) is 0 Å². The molecule has 7 nitrogen and oxygen atoms in total. The van der Waals surface area contributed by atoms with Crippen molar-refractivity contribution < 1.29 is 26.7 Å². The molecule has 0 amide bonds. The molecule has 2 heterocycles. The minimum Gasteiger partial charge on any atom is -0.497 e. The number of piperazine rings is 1. The van der Waals surface area contributed by atoms with Gasteiger partial charge in [-0.1, -0.05) is 0 Å². The molecule has 170 valence electrons. The SMILES string of the molecule is COc1cc(OC)cc(-c2csc(N3CCN(S(=O)(=O)c4ccc(F)cc4F)CC3)n2)c1. The summed E-state index contributed by atoms with van der Waals surface area (Å²) in [6, 6.07) is 7.99. The summed E-state index contributed by atoms with van der Waals surface area (Å²) in [5, 5.41) is 2.67. The van der Waals surface area contributed by atoms with Crippen molar-refractivity contribution in [1.82, 2.24) is 9.29 Å². The summed E-state index contributed by atoms with van der Waals surface area (Å²) in [5.74, 6) is -0.605. The number of rotatable bonds is 6. The van der Waals surface area contributed by atoms with Crippen molar-refractivity contribution in [2.45, 2.75) is 4.90 Å². The number of hydrogen-bond acceptors (Lipinski definition) is 7. The summed E-state index contributed by atoms with van der Waals surface area (Å²) in [4.78, 5) is 6.15. The van der Waals surface area contributed by atoms with E-state index in [-0.39, 0.29) is 13.1 Å². The van der Waals surface area contributed by atoms with Crippen LogP contribution in [0.2, 0.25) is 0 Å². The van der Waals surface area contributed by atoms with Crippen LogP contribution < -0.4 is 14.4 Å². The summed E-state index contributed by atoms with van der Waals surface area (Å²) in [7, 11) is -0.889. The van der Waals surface area contributed by atoms with Gasteiger partial charge in [0.2, 0.25) is 10.0 Å². The molecule has 32 heavy (non-hydrogen) atoms. The number of ether oxygens (including phenoxy) is 2. The lowest BCUT2D eigenvalue weighted by molar-refractivity contribution is 0.382. The van der Waals surface area contributed by atoms with Crippen molar-refractivity contribution in [3.63, 3.8) is 0 Å². The number of nitrogens with zero attached hydrogens (tertiary/aromatic N) is 3. The van der Waals surface area contributed by atoms with Crippen LogP contribution in [-0.4, -0.2) is 58.1 Å². The fourth-order valence-electron chi connectivity index (χ4n) is 3.44. The van der Waals surface area contributed by atoms with Crippen molar-refractivity contribution >= 4 is 26.5 Å². The summed E-state index contributed by atoms with van der Waals surface area (Å²) in [5.41, 5.74) is 1.60. The smallest absolute Gasteiger partial charge is 0.246 e. The first-order chi connectivity index (χ1) is 15.3. The van der Waals surface area contributed by atoms with Crippen LogP contribution in [-0.2, 0) is 10.0 Å². The number of sulfonamides is 1. The Kier molecular flexibility index (Phi) is 6.31. The summed E-state index contributed by atoms with van der Waals surface area (Å²) < 4.78 is 64.6. The molecule has 0 aliphatic carbocycles. The number of benzene rings is 2. The number of thiazole rings is 1. The molecule has 1 aromatic heterocycles. The Morgan fingerprint density at radius 2 is 1.62 bits per heavy atom. The lowest BCUT2D eigenvalue weighted by Gasteiger charge is -2.33. The normalized spacial score (nSPS) is 15.1. The standard InChI is InChI=1S/C21H21F2N3O4S2/c1-29-16-9-14(10-17(12-16)30-2)19-13-31-21(24-19)25-5-7-26(8-6-25)32(27,28)20-4-3-15(22)11-18(20)23/h3-4,9-13H,5-8H2,1-2H3. The monoisotopic (exact) mass is 481 g/mol. The molecule has 3 aromatic rings. The molecular formula is C21H21F2N3O4S2. The minimum atomic E-state index is -4.05. The molecule has 1 fully saturated rings. The van der Waals surface area contributed by atoms with Crippen molar-refractivity contribution in [2.75, 3.05) is 45.3 Å². The highest BCUT2D eigenvalue weighted by atomic mass is 32.2. The lowest BCUT2D eigenvalue weighted by atomic mass is 10.1. The van der Waals surface area contributed by atoms with Crippen LogP contribution in [0.3, 0.4) is 0 Å². The van der Waals surface area contributed by atoms with Gasteiger partial charge >= 0.3 is 0 Å². The van der Waals surface area contributed by atoms with Crippen LogP contribution in [0.4, 0.5) is 13.9 Å². The van der Waals surface area contributed by atoms with E-state index < -0.39 is 26.6 Å². The van der Waals surface area contributed by atoms with Gasteiger partial charge in [-0.05, 0) is 24.3 Å². The first kappa shape index (κ1) is 22.4. The molecule has 0 atom stereocenters. The molecule has 0 N–H and O–H groups in total. The van der Waals surface area contributed by atoms with Gasteiger partial charge in [-0.3, -0.25) is 0 Å². The number of hydrogen-bond donors (Lipinski definition) is 0. The Hall–Kier alpha value is -2.76. The maximum atomic E-state index is 14.0. The lowest BCUT2D eigenvalue weighted by Crippen LogP contribution is -2.48. The van der Waals surface area contributed by atoms with E-state index in [9.17, 15) is 17.2 Å². The van der Waals surface area contributed by atoms with Crippen molar-refractivity contribution in [3.05, 3.63) is 53.4 Å². The van der Waals surface area contributed by atoms with Gasteiger partial charge in [0.15, 0.2) is 5.13 Å². The molecule has 0 bridgehead atoms. The molecule has 4 rings (SSSR count). The van der Waals surface area contributed by atoms with Gasteiger partial charge < -0.3 is 14.4 Å². The van der Waals surface area contributed by atoms with Gasteiger partial charge in [-0.25, -0.2) is 22.2 Å². The molecule has 1 saturated heterocycles. The molecule has 1 aliphatic heterocycles. The highest BCUT2D eigenvalue weighted by molar-refractivity contribution is 7.89. The second-order valence-corrected chi connectivity index (χ2v) is 9.83. The van der Waals surface area contributed by atoms with E-state index in [0.29, 0.717) is 30.7 Å². The first-order valence-electron chi connectivity index (χ1n) is 9.71. The highest BCUT2D eigenvalue weighted by Crippen LogP contribution is 2.33. The van der Waals surface area contributed by atoms with Crippen LogP contribution >= 0.6 is 11.3 Å². The molecule has 0 radical (unpaired) electrons. The Bertz CT molecular complexity index is 1200. The average molecular weight is 482 g/mol. The third kappa shape index (κ3) is 4.41. The van der Waals surface area contributed by atoms with E-state index in [1.54, 1.807) is 20.3 Å². The topological polar surface area (TPSA) is 72.0 Å². The predicted molar refractivity (Wildman–Crippen MR) is 118 cm³/mol. The average Bonchev–Trinajstić information content (AvgIpc) is 3.29. The molecule has 0 unspecified atom stereocenters. The number of methoxy groups -OCH3 is 2. The number of aromatic nitrogens is 1. The second kappa shape index (κ2) is 9.00. The zero-order valence-corrected chi connectivity index (χ0v) is 19.0. The van der Waals surface area contributed by atoms with Gasteiger partial charge in [0, 0.05) is 49.3 Å². The Balaban J connectivity index is 1.48. The van der Waals surface area contributed by atoms with E-state index in [1.807, 2.05) is 22.4 Å². The van der Waals surface area contributed by atoms with Gasteiger partial charge in [-0.2, -0.15) is 4.31 Å². The minimum absolute atomic E-state index is 0.168. The van der Waals surface area contributed by atoms with E-state index >= 15 is 0 Å². The molecule has 0 spiro atoms. The van der Waals surface area contributed by atoms with Crippen LogP contribution in [0.1, 0.15) is 0 Å². The molecule has 1 aliphatic rings. The third-order valence-electron chi connectivity index (χ3n) is 5.16. The molecule has 0 saturated carbocycles. The quantitative estimate of drug-likeness (QED) is 0.536. The highest BCUT2D eigenvalue weighted by Gasteiger charge is 2.31. The van der Waals surface area contributed by atoms with Crippen LogP contribution in [0.25, 0.3) is 11.3 Å². The maximum Gasteiger partial charge on any atom is 0.246 e. The zero-order chi connectivity index (χ0) is 22.9.